The Labute approximate surface area is 153 Å². The summed E-state index contributed by atoms with van der Waals surface area (Å²) in [4.78, 5) is 26.7. The first-order valence-electron chi connectivity index (χ1n) is 8.59. The van der Waals surface area contributed by atoms with E-state index in [1.54, 1.807) is 31.2 Å². The average molecular weight is 347 g/mol. The summed E-state index contributed by atoms with van der Waals surface area (Å²) in [7, 11) is 0. The fourth-order valence-electron chi connectivity index (χ4n) is 3.18. The van der Waals surface area contributed by atoms with Crippen molar-refractivity contribution < 1.29 is 9.59 Å². The van der Waals surface area contributed by atoms with Gasteiger partial charge in [-0.1, -0.05) is 56.3 Å². The SMILES string of the molecule is CC(C)c1ccc(C2(C)NC(=O)N(Cc3ccccc3C#N)C2=O)cc1. The lowest BCUT2D eigenvalue weighted by atomic mass is 9.90. The summed E-state index contributed by atoms with van der Waals surface area (Å²) in [6, 6.07) is 16.4. The van der Waals surface area contributed by atoms with E-state index in [1.165, 1.54) is 10.5 Å². The Balaban J connectivity index is 1.89. The van der Waals surface area contributed by atoms with Gasteiger partial charge in [-0.3, -0.25) is 9.69 Å². The van der Waals surface area contributed by atoms with Gasteiger partial charge in [0.2, 0.25) is 0 Å². The van der Waals surface area contributed by atoms with E-state index in [1.807, 2.05) is 24.3 Å². The molecule has 1 unspecified atom stereocenters. The number of hydrogen-bond donors (Lipinski definition) is 1. The van der Waals surface area contributed by atoms with Crippen LogP contribution in [-0.4, -0.2) is 16.8 Å². The number of amides is 3. The Kier molecular flexibility index (Phi) is 4.52. The van der Waals surface area contributed by atoms with Gasteiger partial charge in [-0.15, -0.1) is 0 Å². The molecule has 132 valence electrons. The molecule has 1 fully saturated rings. The van der Waals surface area contributed by atoms with E-state index in [-0.39, 0.29) is 12.5 Å². The van der Waals surface area contributed by atoms with Crippen LogP contribution < -0.4 is 5.32 Å². The maximum Gasteiger partial charge on any atom is 0.325 e. The molecule has 1 heterocycles. The molecule has 0 bridgehead atoms. The van der Waals surface area contributed by atoms with Gasteiger partial charge in [-0.25, -0.2) is 4.79 Å². The predicted molar refractivity (Wildman–Crippen MR) is 98.1 cm³/mol. The number of nitrogens with zero attached hydrogens (tertiary/aromatic N) is 2. The van der Waals surface area contributed by atoms with Gasteiger partial charge in [0.05, 0.1) is 18.2 Å². The first-order valence-corrected chi connectivity index (χ1v) is 8.59. The van der Waals surface area contributed by atoms with E-state index in [9.17, 15) is 14.9 Å². The Bertz CT molecular complexity index is 896. The van der Waals surface area contributed by atoms with Gasteiger partial charge in [0.1, 0.15) is 5.54 Å². The van der Waals surface area contributed by atoms with Crippen LogP contribution in [0, 0.1) is 11.3 Å². The van der Waals surface area contributed by atoms with Gasteiger partial charge in [0.15, 0.2) is 0 Å². The standard InChI is InChI=1S/C21H21N3O2/c1-14(2)15-8-10-18(11-9-15)21(3)19(25)24(20(26)23-21)13-17-7-5-4-6-16(17)12-22/h4-11,14H,13H2,1-3H3,(H,23,26). The number of carbonyl (C=O) groups is 2. The van der Waals surface area contributed by atoms with E-state index < -0.39 is 11.6 Å². The van der Waals surface area contributed by atoms with Crippen LogP contribution in [0.1, 0.15) is 48.9 Å². The first kappa shape index (κ1) is 17.7. The molecule has 5 heteroatoms. The van der Waals surface area contributed by atoms with Gasteiger partial charge in [-0.05, 0) is 35.6 Å². The zero-order valence-electron chi connectivity index (χ0n) is 15.1. The fourth-order valence-corrected chi connectivity index (χ4v) is 3.18. The third kappa shape index (κ3) is 2.95. The Morgan fingerprint density at radius 1 is 1.12 bits per heavy atom. The number of hydrogen-bond acceptors (Lipinski definition) is 3. The first-order chi connectivity index (χ1) is 12.4. The molecule has 2 aromatic carbocycles. The third-order valence-corrected chi connectivity index (χ3v) is 4.90. The lowest BCUT2D eigenvalue weighted by Crippen LogP contribution is -2.40. The van der Waals surface area contributed by atoms with Crippen LogP contribution in [0.25, 0.3) is 0 Å². The summed E-state index contributed by atoms with van der Waals surface area (Å²) in [5.41, 5.74) is 1.93. The van der Waals surface area contributed by atoms with E-state index in [0.717, 1.165) is 5.56 Å². The molecule has 0 aromatic heterocycles. The lowest BCUT2D eigenvalue weighted by molar-refractivity contribution is -0.131. The zero-order chi connectivity index (χ0) is 18.9. The number of rotatable bonds is 4. The van der Waals surface area contributed by atoms with Crippen LogP contribution in [0.2, 0.25) is 0 Å². The highest BCUT2D eigenvalue weighted by Crippen LogP contribution is 2.31. The Morgan fingerprint density at radius 3 is 2.38 bits per heavy atom. The third-order valence-electron chi connectivity index (χ3n) is 4.90. The molecule has 3 amide bonds. The molecule has 0 radical (unpaired) electrons. The minimum absolute atomic E-state index is 0.0774. The van der Waals surface area contributed by atoms with Gasteiger partial charge in [0, 0.05) is 0 Å². The van der Waals surface area contributed by atoms with E-state index in [0.29, 0.717) is 17.0 Å². The van der Waals surface area contributed by atoms with E-state index >= 15 is 0 Å². The van der Waals surface area contributed by atoms with Crippen molar-refractivity contribution >= 4 is 11.9 Å². The van der Waals surface area contributed by atoms with Crippen molar-refractivity contribution in [2.45, 2.75) is 38.8 Å². The quantitative estimate of drug-likeness (QED) is 0.858. The molecular weight excluding hydrogens is 326 g/mol. The maximum atomic E-state index is 13.0. The molecule has 1 aliphatic rings. The second-order valence-corrected chi connectivity index (χ2v) is 6.99. The van der Waals surface area contributed by atoms with Gasteiger partial charge in [-0.2, -0.15) is 5.26 Å². The minimum Gasteiger partial charge on any atom is -0.319 e. The summed E-state index contributed by atoms with van der Waals surface area (Å²) in [5.74, 6) is 0.0808. The van der Waals surface area contributed by atoms with Crippen molar-refractivity contribution in [3.63, 3.8) is 0 Å². The summed E-state index contributed by atoms with van der Waals surface area (Å²) in [6.45, 7) is 6.00. The number of nitrogens with one attached hydrogen (secondary N) is 1. The van der Waals surface area contributed by atoms with Gasteiger partial charge in [0.25, 0.3) is 5.91 Å². The maximum absolute atomic E-state index is 13.0. The summed E-state index contributed by atoms with van der Waals surface area (Å²) < 4.78 is 0. The molecule has 26 heavy (non-hydrogen) atoms. The van der Waals surface area contributed by atoms with Crippen LogP contribution in [0.3, 0.4) is 0 Å². The lowest BCUT2D eigenvalue weighted by Gasteiger charge is -2.23. The van der Waals surface area contributed by atoms with Crippen molar-refractivity contribution in [1.29, 1.82) is 5.26 Å². The Morgan fingerprint density at radius 2 is 1.77 bits per heavy atom. The minimum atomic E-state index is -1.10. The largest absolute Gasteiger partial charge is 0.325 e. The summed E-state index contributed by atoms with van der Waals surface area (Å²) in [5, 5.41) is 12.0. The zero-order valence-corrected chi connectivity index (χ0v) is 15.1. The Hall–Kier alpha value is -3.13. The molecule has 2 aromatic rings. The highest BCUT2D eigenvalue weighted by molar-refractivity contribution is 6.07. The molecule has 3 rings (SSSR count). The molecule has 1 aliphatic heterocycles. The molecule has 0 saturated carbocycles. The van der Waals surface area contributed by atoms with Crippen LogP contribution in [-0.2, 0) is 16.9 Å². The predicted octanol–water partition coefficient (Wildman–Crippen LogP) is 3.65. The molecule has 1 saturated heterocycles. The van der Waals surface area contributed by atoms with Crippen molar-refractivity contribution in [2.75, 3.05) is 0 Å². The van der Waals surface area contributed by atoms with Crippen LogP contribution in [0.4, 0.5) is 4.79 Å². The molecule has 0 spiro atoms. The van der Waals surface area contributed by atoms with Crippen molar-refractivity contribution in [3.8, 4) is 6.07 Å². The molecule has 5 nitrogen and oxygen atoms in total. The summed E-state index contributed by atoms with van der Waals surface area (Å²) >= 11 is 0. The van der Waals surface area contributed by atoms with E-state index in [4.69, 9.17) is 0 Å². The molecule has 1 atom stereocenters. The van der Waals surface area contributed by atoms with Crippen LogP contribution in [0.5, 0.6) is 0 Å². The fraction of sp³-hybridized carbons (Fsp3) is 0.286. The molecule has 1 N–H and O–H groups in total. The number of carbonyl (C=O) groups excluding carboxylic acids is 2. The van der Waals surface area contributed by atoms with Crippen LogP contribution >= 0.6 is 0 Å². The van der Waals surface area contributed by atoms with Crippen molar-refractivity contribution in [3.05, 3.63) is 70.8 Å². The van der Waals surface area contributed by atoms with Crippen molar-refractivity contribution in [1.82, 2.24) is 10.2 Å². The smallest absolute Gasteiger partial charge is 0.319 e. The van der Waals surface area contributed by atoms with Gasteiger partial charge >= 0.3 is 6.03 Å². The topological polar surface area (TPSA) is 73.2 Å². The number of imide groups is 1. The summed E-state index contributed by atoms with van der Waals surface area (Å²) in [6.07, 6.45) is 0. The number of urea groups is 1. The number of nitriles is 1. The highest BCUT2D eigenvalue weighted by atomic mass is 16.2. The monoisotopic (exact) mass is 347 g/mol. The average Bonchev–Trinajstić information content (AvgIpc) is 2.86. The second kappa shape index (κ2) is 6.64. The van der Waals surface area contributed by atoms with E-state index in [2.05, 4.69) is 25.2 Å². The number of benzene rings is 2. The van der Waals surface area contributed by atoms with Crippen LogP contribution in [0.15, 0.2) is 48.5 Å². The normalized spacial score (nSPS) is 19.6. The highest BCUT2D eigenvalue weighted by Gasteiger charge is 2.48. The molecule has 0 aliphatic carbocycles. The second-order valence-electron chi connectivity index (χ2n) is 6.99. The van der Waals surface area contributed by atoms with Crippen molar-refractivity contribution in [2.24, 2.45) is 0 Å². The van der Waals surface area contributed by atoms with Gasteiger partial charge < -0.3 is 5.32 Å². The molecular formula is C21H21N3O2.